The molecule has 0 bridgehead atoms. The number of anilines is 1. The van der Waals surface area contributed by atoms with Gasteiger partial charge in [0.25, 0.3) is 0 Å². The highest BCUT2D eigenvalue weighted by Crippen LogP contribution is 2.17. The average molecular weight is 275 g/mol. The Balaban J connectivity index is 1.79. The number of nitrogens with two attached hydrogens (primary N) is 1. The molecular formula is C11H16F3N5. The molecule has 0 saturated carbocycles. The van der Waals surface area contributed by atoms with Gasteiger partial charge in [0, 0.05) is 32.7 Å². The zero-order chi connectivity index (χ0) is 13.9. The van der Waals surface area contributed by atoms with E-state index in [9.17, 15) is 13.2 Å². The SMILES string of the molecule is Nc1cnc(CN2CCN(CC(F)(F)F)CC2)cn1. The monoisotopic (exact) mass is 275 g/mol. The predicted octanol–water partition coefficient (Wildman–Crippen LogP) is 0.739. The molecule has 0 unspecified atom stereocenters. The lowest BCUT2D eigenvalue weighted by Gasteiger charge is -2.34. The molecule has 19 heavy (non-hydrogen) atoms. The summed E-state index contributed by atoms with van der Waals surface area (Å²) in [5, 5.41) is 0. The zero-order valence-corrected chi connectivity index (χ0v) is 10.4. The van der Waals surface area contributed by atoms with Crippen molar-refractivity contribution < 1.29 is 13.2 Å². The van der Waals surface area contributed by atoms with Gasteiger partial charge in [-0.1, -0.05) is 0 Å². The number of hydrogen-bond acceptors (Lipinski definition) is 5. The molecular weight excluding hydrogens is 259 g/mol. The van der Waals surface area contributed by atoms with Gasteiger partial charge < -0.3 is 5.73 Å². The third-order valence-corrected chi connectivity index (χ3v) is 2.98. The maximum atomic E-state index is 12.2. The van der Waals surface area contributed by atoms with Gasteiger partial charge >= 0.3 is 6.18 Å². The van der Waals surface area contributed by atoms with Crippen molar-refractivity contribution in [3.63, 3.8) is 0 Å². The molecule has 0 amide bonds. The lowest BCUT2D eigenvalue weighted by molar-refractivity contribution is -0.149. The molecule has 8 heteroatoms. The van der Waals surface area contributed by atoms with E-state index in [4.69, 9.17) is 5.73 Å². The van der Waals surface area contributed by atoms with E-state index in [0.29, 0.717) is 38.5 Å². The summed E-state index contributed by atoms with van der Waals surface area (Å²) >= 11 is 0. The maximum absolute atomic E-state index is 12.2. The van der Waals surface area contributed by atoms with Gasteiger partial charge in [0.15, 0.2) is 0 Å². The molecule has 0 radical (unpaired) electrons. The van der Waals surface area contributed by atoms with Gasteiger partial charge in [-0.15, -0.1) is 0 Å². The molecule has 2 N–H and O–H groups in total. The van der Waals surface area contributed by atoms with E-state index in [0.717, 1.165) is 5.69 Å². The second kappa shape index (κ2) is 5.70. The Morgan fingerprint density at radius 3 is 2.21 bits per heavy atom. The fourth-order valence-electron chi connectivity index (χ4n) is 2.03. The number of halogens is 3. The number of piperazine rings is 1. The highest BCUT2D eigenvalue weighted by atomic mass is 19.4. The molecule has 0 atom stereocenters. The van der Waals surface area contributed by atoms with E-state index in [-0.39, 0.29) is 0 Å². The van der Waals surface area contributed by atoms with Crippen molar-refractivity contribution in [2.45, 2.75) is 12.7 Å². The number of aromatic nitrogens is 2. The predicted molar refractivity (Wildman–Crippen MR) is 64.2 cm³/mol. The standard InChI is InChI=1S/C11H16F3N5/c12-11(13,14)8-19-3-1-18(2-4-19)7-9-5-17-10(15)6-16-9/h5-6H,1-4,7-8H2,(H2,15,17). The van der Waals surface area contributed by atoms with Crippen LogP contribution in [-0.2, 0) is 6.54 Å². The number of rotatable bonds is 3. The Hall–Kier alpha value is -1.41. The molecule has 2 heterocycles. The normalized spacial score (nSPS) is 18.7. The summed E-state index contributed by atoms with van der Waals surface area (Å²) in [6.07, 6.45) is -1.04. The third kappa shape index (κ3) is 4.64. The van der Waals surface area contributed by atoms with Gasteiger partial charge in [-0.25, -0.2) is 4.98 Å². The van der Waals surface area contributed by atoms with Crippen LogP contribution in [0.5, 0.6) is 0 Å². The lowest BCUT2D eigenvalue weighted by atomic mass is 10.3. The maximum Gasteiger partial charge on any atom is 0.401 e. The minimum absolute atomic E-state index is 0.360. The third-order valence-electron chi connectivity index (χ3n) is 2.98. The van der Waals surface area contributed by atoms with Gasteiger partial charge in [0.05, 0.1) is 24.6 Å². The van der Waals surface area contributed by atoms with Gasteiger partial charge in [-0.05, 0) is 0 Å². The fourth-order valence-corrected chi connectivity index (χ4v) is 2.03. The van der Waals surface area contributed by atoms with Crippen LogP contribution in [0.2, 0.25) is 0 Å². The molecule has 0 aliphatic carbocycles. The average Bonchev–Trinajstić information content (AvgIpc) is 2.33. The van der Waals surface area contributed by atoms with Crippen molar-refractivity contribution in [2.75, 3.05) is 38.5 Å². The van der Waals surface area contributed by atoms with Crippen LogP contribution in [0.3, 0.4) is 0 Å². The first-order valence-corrected chi connectivity index (χ1v) is 6.00. The van der Waals surface area contributed by atoms with Crippen molar-refractivity contribution in [2.24, 2.45) is 0 Å². The van der Waals surface area contributed by atoms with Gasteiger partial charge in [0.1, 0.15) is 5.82 Å². The number of alkyl halides is 3. The second-order valence-corrected chi connectivity index (χ2v) is 4.60. The summed E-state index contributed by atoms with van der Waals surface area (Å²) < 4.78 is 36.7. The Morgan fingerprint density at radius 2 is 1.68 bits per heavy atom. The lowest BCUT2D eigenvalue weighted by Crippen LogP contribution is -2.48. The van der Waals surface area contributed by atoms with E-state index in [1.54, 1.807) is 6.20 Å². The molecule has 1 aromatic rings. The summed E-state index contributed by atoms with van der Waals surface area (Å²) in [6.45, 7) is 1.80. The molecule has 5 nitrogen and oxygen atoms in total. The molecule has 106 valence electrons. The van der Waals surface area contributed by atoms with Crippen LogP contribution >= 0.6 is 0 Å². The molecule has 0 spiro atoms. The Kier molecular flexibility index (Phi) is 4.20. The van der Waals surface area contributed by atoms with Crippen molar-refractivity contribution in [3.8, 4) is 0 Å². The van der Waals surface area contributed by atoms with E-state index in [2.05, 4.69) is 14.9 Å². The zero-order valence-electron chi connectivity index (χ0n) is 10.4. The van der Waals surface area contributed by atoms with E-state index < -0.39 is 12.7 Å². The first kappa shape index (κ1) is 14.0. The quantitative estimate of drug-likeness (QED) is 0.881. The van der Waals surface area contributed by atoms with Crippen LogP contribution in [-0.4, -0.2) is 58.7 Å². The molecule has 1 aromatic heterocycles. The van der Waals surface area contributed by atoms with Crippen LogP contribution in [0.15, 0.2) is 12.4 Å². The Bertz CT molecular complexity index is 398. The Morgan fingerprint density at radius 1 is 1.05 bits per heavy atom. The van der Waals surface area contributed by atoms with Gasteiger partial charge in [0.2, 0.25) is 0 Å². The first-order chi connectivity index (χ1) is 8.92. The highest BCUT2D eigenvalue weighted by molar-refractivity contribution is 5.22. The molecule has 1 fully saturated rings. The highest BCUT2D eigenvalue weighted by Gasteiger charge is 2.32. The summed E-state index contributed by atoms with van der Waals surface area (Å²) in [5.74, 6) is 0.360. The minimum atomic E-state index is -4.12. The largest absolute Gasteiger partial charge is 0.401 e. The molecule has 1 aliphatic rings. The van der Waals surface area contributed by atoms with Crippen molar-refractivity contribution >= 4 is 5.82 Å². The van der Waals surface area contributed by atoms with E-state index in [1.165, 1.54) is 11.1 Å². The summed E-state index contributed by atoms with van der Waals surface area (Å²) in [6, 6.07) is 0. The summed E-state index contributed by atoms with van der Waals surface area (Å²) in [4.78, 5) is 11.5. The van der Waals surface area contributed by atoms with Crippen molar-refractivity contribution in [3.05, 3.63) is 18.1 Å². The van der Waals surface area contributed by atoms with Crippen molar-refractivity contribution in [1.29, 1.82) is 0 Å². The molecule has 1 saturated heterocycles. The molecule has 0 aromatic carbocycles. The van der Waals surface area contributed by atoms with Crippen LogP contribution in [0.1, 0.15) is 5.69 Å². The number of nitrogen functional groups attached to an aromatic ring is 1. The smallest absolute Gasteiger partial charge is 0.382 e. The second-order valence-electron chi connectivity index (χ2n) is 4.60. The van der Waals surface area contributed by atoms with E-state index >= 15 is 0 Å². The van der Waals surface area contributed by atoms with Crippen LogP contribution in [0.25, 0.3) is 0 Å². The molecule has 1 aliphatic heterocycles. The van der Waals surface area contributed by atoms with Crippen LogP contribution in [0, 0.1) is 0 Å². The topological polar surface area (TPSA) is 58.3 Å². The van der Waals surface area contributed by atoms with Gasteiger partial charge in [-0.2, -0.15) is 13.2 Å². The summed E-state index contributed by atoms with van der Waals surface area (Å²) in [5.41, 5.74) is 6.21. The van der Waals surface area contributed by atoms with E-state index in [1.807, 2.05) is 0 Å². The Labute approximate surface area is 109 Å². The van der Waals surface area contributed by atoms with Gasteiger partial charge in [-0.3, -0.25) is 14.8 Å². The number of nitrogens with zero attached hydrogens (tertiary/aromatic N) is 4. The summed E-state index contributed by atoms with van der Waals surface area (Å²) in [7, 11) is 0. The fraction of sp³-hybridized carbons (Fsp3) is 0.636. The first-order valence-electron chi connectivity index (χ1n) is 6.00. The minimum Gasteiger partial charge on any atom is -0.382 e. The molecule has 2 rings (SSSR count). The number of hydrogen-bond donors (Lipinski definition) is 1. The van der Waals surface area contributed by atoms with Crippen LogP contribution in [0.4, 0.5) is 19.0 Å². The van der Waals surface area contributed by atoms with Crippen molar-refractivity contribution in [1.82, 2.24) is 19.8 Å². The van der Waals surface area contributed by atoms with Crippen LogP contribution < -0.4 is 5.73 Å².